The van der Waals surface area contributed by atoms with Gasteiger partial charge in [-0.15, -0.1) is 0 Å². The first kappa shape index (κ1) is 33.6. The number of hydrogen-bond donors (Lipinski definition) is 0. The van der Waals surface area contributed by atoms with Crippen LogP contribution in [0.5, 0.6) is 0 Å². The SMILES string of the molecule is O=C1OP(c2ccccc2)(c2ccccc2)(c2ccccc2)CCCCCCP(c2ccccc2)(c2ccccc2)(c2ccccc2)OC1=O. The topological polar surface area (TPSA) is 52.6 Å². The number of rotatable bonds is 6. The van der Waals surface area contributed by atoms with Gasteiger partial charge in [-0.3, -0.25) is 0 Å². The molecule has 4 nitrogen and oxygen atoms in total. The van der Waals surface area contributed by atoms with Crippen molar-refractivity contribution in [3.05, 3.63) is 182 Å². The van der Waals surface area contributed by atoms with Gasteiger partial charge in [0, 0.05) is 0 Å². The van der Waals surface area contributed by atoms with E-state index in [4.69, 9.17) is 9.05 Å². The van der Waals surface area contributed by atoms with Gasteiger partial charge < -0.3 is 0 Å². The number of benzene rings is 6. The molecule has 0 N–H and O–H groups in total. The maximum absolute atomic E-state index is 15.1. The molecule has 0 radical (unpaired) electrons. The van der Waals surface area contributed by atoms with E-state index in [2.05, 4.69) is 72.8 Å². The minimum absolute atomic E-state index is 0.572. The van der Waals surface area contributed by atoms with Crippen molar-refractivity contribution in [3.8, 4) is 0 Å². The Labute approximate surface area is 295 Å². The zero-order valence-electron chi connectivity index (χ0n) is 28.1. The van der Waals surface area contributed by atoms with Crippen LogP contribution in [0.1, 0.15) is 25.7 Å². The predicted octanol–water partition coefficient (Wildman–Crippen LogP) is 7.54. The number of carbonyl (C=O) groups excluding carboxylic acids is 2. The Morgan fingerprint density at radius 2 is 0.500 bits per heavy atom. The summed E-state index contributed by atoms with van der Waals surface area (Å²) in [6.45, 7) is -8.25. The molecular formula is C44H42O4P2. The molecule has 6 heteroatoms. The van der Waals surface area contributed by atoms with Crippen LogP contribution in [0, 0.1) is 0 Å². The van der Waals surface area contributed by atoms with Gasteiger partial charge in [0.25, 0.3) is 0 Å². The van der Waals surface area contributed by atoms with Gasteiger partial charge in [-0.2, -0.15) is 0 Å². The van der Waals surface area contributed by atoms with E-state index in [1.807, 2.05) is 109 Å². The summed E-state index contributed by atoms with van der Waals surface area (Å²) < 4.78 is 14.3. The Morgan fingerprint density at radius 1 is 0.300 bits per heavy atom. The van der Waals surface area contributed by atoms with Crippen molar-refractivity contribution in [2.24, 2.45) is 0 Å². The van der Waals surface area contributed by atoms with Gasteiger partial charge in [0.05, 0.1) is 0 Å². The summed E-state index contributed by atoms with van der Waals surface area (Å²) in [4.78, 5) is 30.1. The zero-order chi connectivity index (χ0) is 34.4. The molecule has 7 rings (SSSR count). The molecule has 0 atom stereocenters. The zero-order valence-corrected chi connectivity index (χ0v) is 29.9. The second kappa shape index (κ2) is 13.8. The second-order valence-corrected chi connectivity index (χ2v) is 22.3. The fraction of sp³-hybridized carbons (Fsp3) is 0.136. The summed E-state index contributed by atoms with van der Waals surface area (Å²) in [7, 11) is 0. The molecule has 0 aliphatic carbocycles. The molecule has 1 fully saturated rings. The van der Waals surface area contributed by atoms with Crippen molar-refractivity contribution in [2.75, 3.05) is 12.3 Å². The fourth-order valence-electron chi connectivity index (χ4n) is 8.16. The summed E-state index contributed by atoms with van der Waals surface area (Å²) >= 11 is 0. The number of hydrogen-bond acceptors (Lipinski definition) is 4. The Hall–Kier alpha value is -4.88. The van der Waals surface area contributed by atoms with E-state index in [1.165, 1.54) is 0 Å². The monoisotopic (exact) mass is 696 g/mol. The van der Waals surface area contributed by atoms with Crippen LogP contribution in [-0.4, -0.2) is 24.3 Å². The number of carbonyl (C=O) groups is 2. The molecule has 6 aromatic rings. The van der Waals surface area contributed by atoms with Crippen LogP contribution in [0.4, 0.5) is 0 Å². The molecule has 0 bridgehead atoms. The first-order valence-corrected chi connectivity index (χ1v) is 22.0. The molecule has 1 aliphatic heterocycles. The van der Waals surface area contributed by atoms with Crippen molar-refractivity contribution in [2.45, 2.75) is 25.7 Å². The van der Waals surface area contributed by atoms with Crippen LogP contribution in [0.15, 0.2) is 182 Å². The molecule has 1 heterocycles. The molecule has 0 aromatic heterocycles. The summed E-state index contributed by atoms with van der Waals surface area (Å²) in [5, 5.41) is 5.42. The normalized spacial score (nSPS) is 20.0. The summed E-state index contributed by atoms with van der Waals surface area (Å²) in [5.74, 6) is -1.95. The third-order valence-corrected chi connectivity index (χ3v) is 22.3. The first-order chi connectivity index (χ1) is 24.5. The van der Waals surface area contributed by atoms with Crippen LogP contribution in [-0.2, 0) is 18.6 Å². The van der Waals surface area contributed by atoms with Crippen molar-refractivity contribution in [1.29, 1.82) is 0 Å². The van der Waals surface area contributed by atoms with Gasteiger partial charge in [-0.25, -0.2) is 0 Å². The van der Waals surface area contributed by atoms with Crippen molar-refractivity contribution in [1.82, 2.24) is 0 Å². The minimum atomic E-state index is -4.12. The van der Waals surface area contributed by atoms with Crippen LogP contribution in [0.2, 0.25) is 0 Å². The average Bonchev–Trinajstić information content (AvgIpc) is 3.20. The maximum atomic E-state index is 15.1. The quantitative estimate of drug-likeness (QED) is 0.134. The van der Waals surface area contributed by atoms with Gasteiger partial charge in [0.15, 0.2) is 0 Å². The molecule has 252 valence electrons. The molecular weight excluding hydrogens is 654 g/mol. The van der Waals surface area contributed by atoms with Crippen LogP contribution >= 0.6 is 13.7 Å². The van der Waals surface area contributed by atoms with E-state index < -0.39 is 25.6 Å². The van der Waals surface area contributed by atoms with E-state index in [0.717, 1.165) is 57.5 Å². The molecule has 0 saturated carbocycles. The first-order valence-electron chi connectivity index (χ1n) is 17.4. The summed E-state index contributed by atoms with van der Waals surface area (Å²) in [6, 6.07) is 60.4. The van der Waals surface area contributed by atoms with E-state index in [0.29, 0.717) is 12.3 Å². The predicted molar refractivity (Wildman–Crippen MR) is 211 cm³/mol. The third kappa shape index (κ3) is 5.30. The Bertz CT molecular complexity index is 1710. The van der Waals surface area contributed by atoms with E-state index in [9.17, 15) is 0 Å². The van der Waals surface area contributed by atoms with Gasteiger partial charge in [0.1, 0.15) is 0 Å². The van der Waals surface area contributed by atoms with Crippen LogP contribution in [0.25, 0.3) is 0 Å². The van der Waals surface area contributed by atoms with Crippen molar-refractivity contribution >= 4 is 57.4 Å². The molecule has 0 unspecified atom stereocenters. The summed E-state index contributed by atoms with van der Waals surface area (Å²) in [6.07, 6.45) is 4.58. The van der Waals surface area contributed by atoms with Gasteiger partial charge in [-0.05, 0) is 0 Å². The van der Waals surface area contributed by atoms with E-state index >= 15 is 9.59 Å². The van der Waals surface area contributed by atoms with Gasteiger partial charge in [0.2, 0.25) is 0 Å². The average molecular weight is 697 g/mol. The summed E-state index contributed by atoms with van der Waals surface area (Å²) in [5.41, 5.74) is 0. The van der Waals surface area contributed by atoms with Crippen LogP contribution in [0.3, 0.4) is 0 Å². The van der Waals surface area contributed by atoms with E-state index in [1.54, 1.807) is 0 Å². The Kier molecular flexibility index (Phi) is 9.27. The molecule has 1 saturated heterocycles. The Morgan fingerprint density at radius 3 is 0.700 bits per heavy atom. The van der Waals surface area contributed by atoms with Crippen molar-refractivity contribution < 1.29 is 18.6 Å². The molecule has 0 amide bonds. The molecule has 0 spiro atoms. The molecule has 50 heavy (non-hydrogen) atoms. The second-order valence-electron chi connectivity index (χ2n) is 13.1. The Balaban J connectivity index is 1.52. The third-order valence-electron chi connectivity index (χ3n) is 10.5. The van der Waals surface area contributed by atoms with E-state index in [-0.39, 0.29) is 0 Å². The van der Waals surface area contributed by atoms with Crippen LogP contribution < -0.4 is 31.8 Å². The van der Waals surface area contributed by atoms with Gasteiger partial charge in [-0.1, -0.05) is 0 Å². The van der Waals surface area contributed by atoms with Crippen molar-refractivity contribution in [3.63, 3.8) is 0 Å². The van der Waals surface area contributed by atoms with Gasteiger partial charge >= 0.3 is 296 Å². The standard InChI is InChI=1S/C44H42O4P2/c45-43-44(46)48-50(40-29-15-6-16-30-40,41-31-17-7-18-32-41,42-33-19-8-20-34-42)36-22-2-1-21-35-49(47-43,37-23-9-3-10-24-37,38-25-11-4-12-26-38)39-27-13-5-14-28-39/h3-20,23-34H,1-2,21-22,35-36H2. The fourth-order valence-corrected chi connectivity index (χ4v) is 19.7. The molecule has 6 aromatic carbocycles. The molecule has 1 aliphatic rings.